The molecule has 0 aliphatic carbocycles. The minimum Gasteiger partial charge on any atom is -0.370 e. The van der Waals surface area contributed by atoms with E-state index >= 15 is 0 Å². The van der Waals surface area contributed by atoms with Gasteiger partial charge in [0.2, 0.25) is 0 Å². The molecule has 1 aliphatic rings. The minimum absolute atomic E-state index is 1.05. The van der Waals surface area contributed by atoms with Crippen LogP contribution in [0.5, 0.6) is 0 Å². The molecule has 0 unspecified atom stereocenters. The van der Waals surface area contributed by atoms with Gasteiger partial charge in [-0.15, -0.1) is 0 Å². The first-order valence-electron chi connectivity index (χ1n) is 3.98. The Hall–Kier alpha value is -1.05. The molecule has 2 heterocycles. The maximum absolute atomic E-state index is 4.31. The molecule has 1 aromatic rings. The van der Waals surface area contributed by atoms with Crippen molar-refractivity contribution >= 4 is 5.82 Å². The summed E-state index contributed by atoms with van der Waals surface area (Å²) < 4.78 is 0. The number of rotatable bonds is 0. The molecule has 0 aromatic carbocycles. The fourth-order valence-electron chi connectivity index (χ4n) is 1.52. The summed E-state index contributed by atoms with van der Waals surface area (Å²) in [6.45, 7) is 5.33. The molecule has 0 bridgehead atoms. The average molecular weight is 148 g/mol. The first kappa shape index (κ1) is 6.65. The zero-order chi connectivity index (χ0) is 7.84. The molecule has 2 rings (SSSR count). The van der Waals surface area contributed by atoms with Crippen molar-refractivity contribution in [2.45, 2.75) is 20.3 Å². The van der Waals surface area contributed by atoms with Gasteiger partial charge < -0.3 is 5.32 Å². The SMILES string of the molecule is Cc1cnc2c(c1C)CCN2. The lowest BCUT2D eigenvalue weighted by molar-refractivity contribution is 1.08. The number of hydrogen-bond donors (Lipinski definition) is 1. The summed E-state index contributed by atoms with van der Waals surface area (Å²) in [6, 6.07) is 0. The van der Waals surface area contributed by atoms with E-state index in [-0.39, 0.29) is 0 Å². The van der Waals surface area contributed by atoms with Crippen LogP contribution in [0, 0.1) is 13.8 Å². The Labute approximate surface area is 66.7 Å². The van der Waals surface area contributed by atoms with E-state index in [1.165, 1.54) is 16.7 Å². The second kappa shape index (κ2) is 2.22. The standard InChI is InChI=1S/C9H12N2/c1-6-5-11-9-8(7(6)2)3-4-10-9/h5H,3-4H2,1-2H3,(H,10,11). The van der Waals surface area contributed by atoms with Gasteiger partial charge in [0.15, 0.2) is 0 Å². The second-order valence-electron chi connectivity index (χ2n) is 3.07. The first-order chi connectivity index (χ1) is 5.29. The van der Waals surface area contributed by atoms with Gasteiger partial charge in [-0.2, -0.15) is 0 Å². The fourth-order valence-corrected chi connectivity index (χ4v) is 1.52. The number of nitrogens with zero attached hydrogens (tertiary/aromatic N) is 1. The normalized spacial score (nSPS) is 14.4. The van der Waals surface area contributed by atoms with Crippen molar-refractivity contribution in [1.82, 2.24) is 4.98 Å². The van der Waals surface area contributed by atoms with Crippen LogP contribution in [0.1, 0.15) is 16.7 Å². The van der Waals surface area contributed by atoms with Crippen molar-refractivity contribution in [3.05, 3.63) is 22.9 Å². The van der Waals surface area contributed by atoms with Crippen molar-refractivity contribution < 1.29 is 0 Å². The lowest BCUT2D eigenvalue weighted by Gasteiger charge is -2.04. The van der Waals surface area contributed by atoms with E-state index < -0.39 is 0 Å². The average Bonchev–Trinajstić information content (AvgIpc) is 2.45. The Bertz CT molecular complexity index is 292. The van der Waals surface area contributed by atoms with Crippen LogP contribution in [0.25, 0.3) is 0 Å². The maximum atomic E-state index is 4.31. The highest BCUT2D eigenvalue weighted by Gasteiger charge is 2.13. The number of anilines is 1. The Kier molecular flexibility index (Phi) is 1.34. The molecule has 11 heavy (non-hydrogen) atoms. The van der Waals surface area contributed by atoms with Gasteiger partial charge in [0.05, 0.1) is 0 Å². The topological polar surface area (TPSA) is 24.9 Å². The molecule has 0 saturated heterocycles. The second-order valence-corrected chi connectivity index (χ2v) is 3.07. The Morgan fingerprint density at radius 3 is 3.09 bits per heavy atom. The lowest BCUT2D eigenvalue weighted by Crippen LogP contribution is -1.93. The minimum atomic E-state index is 1.05. The van der Waals surface area contributed by atoms with Gasteiger partial charge in [-0.25, -0.2) is 4.98 Å². The summed E-state index contributed by atoms with van der Waals surface area (Å²) in [5, 5.41) is 3.26. The van der Waals surface area contributed by atoms with E-state index in [0.29, 0.717) is 0 Å². The van der Waals surface area contributed by atoms with Crippen molar-refractivity contribution in [3.8, 4) is 0 Å². The lowest BCUT2D eigenvalue weighted by atomic mass is 10.1. The highest BCUT2D eigenvalue weighted by molar-refractivity contribution is 5.54. The zero-order valence-electron chi connectivity index (χ0n) is 6.94. The molecule has 1 aromatic heterocycles. The predicted octanol–water partition coefficient (Wildman–Crippen LogP) is 1.67. The number of hydrogen-bond acceptors (Lipinski definition) is 2. The predicted molar refractivity (Wildman–Crippen MR) is 45.9 cm³/mol. The summed E-state index contributed by atoms with van der Waals surface area (Å²) in [7, 11) is 0. The van der Waals surface area contributed by atoms with E-state index in [9.17, 15) is 0 Å². The number of fused-ring (bicyclic) bond motifs is 1. The van der Waals surface area contributed by atoms with Gasteiger partial charge in [0.25, 0.3) is 0 Å². The van der Waals surface area contributed by atoms with Crippen LogP contribution < -0.4 is 5.32 Å². The molecule has 58 valence electrons. The summed E-state index contributed by atoms with van der Waals surface area (Å²) in [5.74, 6) is 1.09. The number of nitrogens with one attached hydrogen (secondary N) is 1. The summed E-state index contributed by atoms with van der Waals surface area (Å²) in [5.41, 5.74) is 4.11. The van der Waals surface area contributed by atoms with E-state index in [4.69, 9.17) is 0 Å². The molecule has 0 atom stereocenters. The Morgan fingerprint density at radius 2 is 2.27 bits per heavy atom. The highest BCUT2D eigenvalue weighted by atomic mass is 15.0. The number of aromatic nitrogens is 1. The van der Waals surface area contributed by atoms with Gasteiger partial charge in [0.1, 0.15) is 5.82 Å². The summed E-state index contributed by atoms with van der Waals surface area (Å²) in [6.07, 6.45) is 3.07. The monoisotopic (exact) mass is 148 g/mol. The third-order valence-electron chi connectivity index (χ3n) is 2.38. The molecule has 0 amide bonds. The van der Waals surface area contributed by atoms with Crippen molar-refractivity contribution in [2.75, 3.05) is 11.9 Å². The maximum Gasteiger partial charge on any atom is 0.129 e. The molecular weight excluding hydrogens is 136 g/mol. The van der Waals surface area contributed by atoms with Gasteiger partial charge in [-0.05, 0) is 37.0 Å². The smallest absolute Gasteiger partial charge is 0.129 e. The molecule has 0 spiro atoms. The van der Waals surface area contributed by atoms with Crippen molar-refractivity contribution in [2.24, 2.45) is 0 Å². The van der Waals surface area contributed by atoms with Gasteiger partial charge in [-0.3, -0.25) is 0 Å². The molecule has 0 fully saturated rings. The van der Waals surface area contributed by atoms with Gasteiger partial charge >= 0.3 is 0 Å². The number of pyridine rings is 1. The van der Waals surface area contributed by atoms with E-state index in [1.807, 2.05) is 6.20 Å². The van der Waals surface area contributed by atoms with Crippen LogP contribution in [0.15, 0.2) is 6.20 Å². The summed E-state index contributed by atoms with van der Waals surface area (Å²) >= 11 is 0. The molecule has 1 N–H and O–H groups in total. The van der Waals surface area contributed by atoms with Crippen molar-refractivity contribution in [1.29, 1.82) is 0 Å². The van der Waals surface area contributed by atoms with Crippen LogP contribution in [0.4, 0.5) is 5.82 Å². The Balaban J connectivity index is 2.62. The fraction of sp³-hybridized carbons (Fsp3) is 0.444. The summed E-state index contributed by atoms with van der Waals surface area (Å²) in [4.78, 5) is 4.31. The molecule has 1 aliphatic heterocycles. The molecule has 2 nitrogen and oxygen atoms in total. The van der Waals surface area contributed by atoms with Crippen LogP contribution in [0.2, 0.25) is 0 Å². The third-order valence-corrected chi connectivity index (χ3v) is 2.38. The Morgan fingerprint density at radius 1 is 1.45 bits per heavy atom. The molecular formula is C9H12N2. The van der Waals surface area contributed by atoms with Crippen LogP contribution >= 0.6 is 0 Å². The van der Waals surface area contributed by atoms with E-state index in [1.54, 1.807) is 0 Å². The van der Waals surface area contributed by atoms with Gasteiger partial charge in [-0.1, -0.05) is 0 Å². The first-order valence-corrected chi connectivity index (χ1v) is 3.98. The van der Waals surface area contributed by atoms with Gasteiger partial charge in [0, 0.05) is 12.7 Å². The van der Waals surface area contributed by atoms with E-state index in [2.05, 4.69) is 24.1 Å². The van der Waals surface area contributed by atoms with Crippen LogP contribution in [-0.4, -0.2) is 11.5 Å². The molecule has 2 heteroatoms. The van der Waals surface area contributed by atoms with Crippen LogP contribution in [0.3, 0.4) is 0 Å². The van der Waals surface area contributed by atoms with Crippen LogP contribution in [-0.2, 0) is 6.42 Å². The molecule has 0 saturated carbocycles. The van der Waals surface area contributed by atoms with Crippen molar-refractivity contribution in [3.63, 3.8) is 0 Å². The zero-order valence-corrected chi connectivity index (χ0v) is 6.94. The quantitative estimate of drug-likeness (QED) is 0.605. The third kappa shape index (κ3) is 0.897. The van der Waals surface area contributed by atoms with E-state index in [0.717, 1.165) is 18.8 Å². The molecule has 0 radical (unpaired) electrons. The number of aryl methyl sites for hydroxylation is 1. The highest BCUT2D eigenvalue weighted by Crippen LogP contribution is 2.24. The largest absolute Gasteiger partial charge is 0.370 e.